The summed E-state index contributed by atoms with van der Waals surface area (Å²) < 4.78 is 4.79. The molecule has 0 unspecified atom stereocenters. The summed E-state index contributed by atoms with van der Waals surface area (Å²) in [4.78, 5) is 4.60. The minimum Gasteiger partial charge on any atom is -0.311 e. The molecule has 10 aromatic rings. The number of benzene rings is 8. The fourth-order valence-electron chi connectivity index (χ4n) is 8.66. The summed E-state index contributed by atoms with van der Waals surface area (Å²) in [6.07, 6.45) is 3.66. The normalized spacial score (nSPS) is 11.2. The Balaban J connectivity index is 1.11. The van der Waals surface area contributed by atoms with E-state index >= 15 is 0 Å². The van der Waals surface area contributed by atoms with Crippen molar-refractivity contribution in [3.05, 3.63) is 249 Å². The third-order valence-electron chi connectivity index (χ3n) is 11.6. The van der Waals surface area contributed by atoms with E-state index in [9.17, 15) is 0 Å². The molecule has 4 heteroatoms. The fraction of sp³-hybridized carbons (Fsp3) is 0.0345. The van der Waals surface area contributed by atoms with Crippen LogP contribution in [-0.4, -0.2) is 9.13 Å². The predicted octanol–water partition coefficient (Wildman–Crippen LogP) is 16.2. The van der Waals surface area contributed by atoms with Crippen molar-refractivity contribution in [1.29, 1.82) is 0 Å². The zero-order chi connectivity index (χ0) is 41.8. The van der Waals surface area contributed by atoms with Crippen molar-refractivity contribution in [1.82, 2.24) is 9.13 Å². The van der Waals surface area contributed by atoms with Gasteiger partial charge in [-0.25, -0.2) is 0 Å². The molecule has 298 valence electrons. The van der Waals surface area contributed by atoms with Crippen LogP contribution < -0.4 is 9.80 Å². The third kappa shape index (κ3) is 7.29. The van der Waals surface area contributed by atoms with Gasteiger partial charge in [0.25, 0.3) is 0 Å². The lowest BCUT2D eigenvalue weighted by molar-refractivity contribution is 1.02. The van der Waals surface area contributed by atoms with Crippen molar-refractivity contribution in [3.8, 4) is 22.6 Å². The van der Waals surface area contributed by atoms with Crippen LogP contribution in [0.3, 0.4) is 0 Å². The first kappa shape index (κ1) is 38.1. The van der Waals surface area contributed by atoms with Crippen LogP contribution in [0, 0.1) is 0 Å². The number of allylic oxidation sites excluding steroid dienone is 2. The molecule has 8 aromatic carbocycles. The van der Waals surface area contributed by atoms with Crippen LogP contribution in [0.25, 0.3) is 50.0 Å². The predicted molar refractivity (Wildman–Crippen MR) is 263 cm³/mol. The van der Waals surface area contributed by atoms with E-state index in [2.05, 4.69) is 257 Å². The summed E-state index contributed by atoms with van der Waals surface area (Å²) in [6, 6.07) is 80.1. The molecule has 2 heterocycles. The van der Waals surface area contributed by atoms with Crippen molar-refractivity contribution >= 4 is 61.5 Å². The highest BCUT2D eigenvalue weighted by Gasteiger charge is 2.20. The standard InChI is InChI=1S/C58H46N4/c1-3-4-20-43(2)55-39-45-41-58-46(42-57(45)61(55)53-35-31-51(32-36-53)59(47-23-12-6-13-24-47)48-25-14-7-15-26-48)40-56(44-21-10-5-11-22-44)62(58)54-37-33-52(34-38-54)60(49-27-16-8-17-28-49)50-29-18-9-19-30-50/h3,5-19,21-42H,1-2,4,20H2. The molecule has 0 aliphatic rings. The van der Waals surface area contributed by atoms with Gasteiger partial charge in [-0.1, -0.05) is 116 Å². The Labute approximate surface area is 363 Å². The lowest BCUT2D eigenvalue weighted by Crippen LogP contribution is -2.10. The van der Waals surface area contributed by atoms with Crippen molar-refractivity contribution in [2.75, 3.05) is 9.80 Å². The van der Waals surface area contributed by atoms with Gasteiger partial charge in [0.1, 0.15) is 0 Å². The second-order valence-corrected chi connectivity index (χ2v) is 15.5. The minimum absolute atomic E-state index is 0.826. The fourth-order valence-corrected chi connectivity index (χ4v) is 8.66. The van der Waals surface area contributed by atoms with Crippen LogP contribution in [0.1, 0.15) is 18.5 Å². The molecule has 0 aliphatic carbocycles. The van der Waals surface area contributed by atoms with E-state index in [1.807, 2.05) is 6.08 Å². The van der Waals surface area contributed by atoms with Gasteiger partial charge in [0, 0.05) is 62.0 Å². The zero-order valence-corrected chi connectivity index (χ0v) is 34.6. The molecule has 0 amide bonds. The van der Waals surface area contributed by atoms with Crippen molar-refractivity contribution in [2.45, 2.75) is 12.8 Å². The number of anilines is 6. The average molecular weight is 799 g/mol. The molecule has 0 saturated carbocycles. The molecule has 0 radical (unpaired) electrons. The summed E-state index contributed by atoms with van der Waals surface area (Å²) >= 11 is 0. The summed E-state index contributed by atoms with van der Waals surface area (Å²) in [7, 11) is 0. The first-order chi connectivity index (χ1) is 30.6. The molecule has 0 bridgehead atoms. The number of para-hydroxylation sites is 4. The van der Waals surface area contributed by atoms with E-state index < -0.39 is 0 Å². The molecule has 0 atom stereocenters. The van der Waals surface area contributed by atoms with E-state index in [0.717, 1.165) is 103 Å². The maximum absolute atomic E-state index is 4.63. The Hall–Kier alpha value is -8.08. The first-order valence-electron chi connectivity index (χ1n) is 21.2. The second-order valence-electron chi connectivity index (χ2n) is 15.5. The van der Waals surface area contributed by atoms with Gasteiger partial charge < -0.3 is 18.9 Å². The van der Waals surface area contributed by atoms with Gasteiger partial charge >= 0.3 is 0 Å². The minimum atomic E-state index is 0.826. The van der Waals surface area contributed by atoms with Gasteiger partial charge in [0.15, 0.2) is 0 Å². The maximum atomic E-state index is 4.63. The maximum Gasteiger partial charge on any atom is 0.0542 e. The molecule has 0 spiro atoms. The topological polar surface area (TPSA) is 16.3 Å². The lowest BCUT2D eigenvalue weighted by Gasteiger charge is -2.25. The molecule has 0 saturated heterocycles. The van der Waals surface area contributed by atoms with Gasteiger partial charge in [-0.3, -0.25) is 0 Å². The van der Waals surface area contributed by atoms with Crippen molar-refractivity contribution in [3.63, 3.8) is 0 Å². The Bertz CT molecular complexity index is 3030. The quantitative estimate of drug-likeness (QED) is 0.108. The molecular weight excluding hydrogens is 753 g/mol. The van der Waals surface area contributed by atoms with Crippen LogP contribution in [0.15, 0.2) is 244 Å². The number of hydrogen-bond acceptors (Lipinski definition) is 2. The highest BCUT2D eigenvalue weighted by molar-refractivity contribution is 6.02. The van der Waals surface area contributed by atoms with E-state index in [1.165, 1.54) is 0 Å². The van der Waals surface area contributed by atoms with E-state index in [4.69, 9.17) is 0 Å². The zero-order valence-electron chi connectivity index (χ0n) is 34.6. The SMILES string of the molecule is C=CCCC(=C)c1cc2cc3c(cc(-c4ccccc4)n3-c3ccc(N(c4ccccc4)c4ccccc4)cc3)cc2n1-c1ccc(N(c2ccccc2)c2ccccc2)cc1. The largest absolute Gasteiger partial charge is 0.311 e. The second kappa shape index (κ2) is 16.9. The lowest BCUT2D eigenvalue weighted by atomic mass is 10.1. The van der Waals surface area contributed by atoms with Gasteiger partial charge in [-0.15, -0.1) is 6.58 Å². The average Bonchev–Trinajstić information content (AvgIpc) is 3.90. The Kier molecular flexibility index (Phi) is 10.4. The Morgan fingerprint density at radius 2 is 0.790 bits per heavy atom. The number of nitrogens with zero attached hydrogens (tertiary/aromatic N) is 4. The van der Waals surface area contributed by atoms with Crippen LogP contribution in [0.5, 0.6) is 0 Å². The molecule has 62 heavy (non-hydrogen) atoms. The number of rotatable bonds is 13. The Morgan fingerprint density at radius 1 is 0.419 bits per heavy atom. The molecule has 4 nitrogen and oxygen atoms in total. The smallest absolute Gasteiger partial charge is 0.0542 e. The highest BCUT2D eigenvalue weighted by Crippen LogP contribution is 2.41. The summed E-state index contributed by atoms with van der Waals surface area (Å²) in [5, 5.41) is 2.32. The van der Waals surface area contributed by atoms with Gasteiger partial charge in [0.05, 0.1) is 16.7 Å². The summed E-state index contributed by atoms with van der Waals surface area (Å²) in [5.74, 6) is 0. The van der Waals surface area contributed by atoms with E-state index in [-0.39, 0.29) is 0 Å². The number of fused-ring (bicyclic) bond motifs is 2. The van der Waals surface area contributed by atoms with Gasteiger partial charge in [0.2, 0.25) is 0 Å². The molecule has 0 fully saturated rings. The molecular formula is C58H46N4. The number of hydrogen-bond donors (Lipinski definition) is 0. The van der Waals surface area contributed by atoms with Crippen molar-refractivity contribution < 1.29 is 0 Å². The molecule has 10 rings (SSSR count). The van der Waals surface area contributed by atoms with E-state index in [1.54, 1.807) is 0 Å². The molecule has 0 N–H and O–H groups in total. The highest BCUT2D eigenvalue weighted by atomic mass is 15.1. The first-order valence-corrected chi connectivity index (χ1v) is 21.2. The molecule has 2 aromatic heterocycles. The number of aromatic nitrogens is 2. The van der Waals surface area contributed by atoms with Gasteiger partial charge in [-0.05, 0) is 145 Å². The molecule has 0 aliphatic heterocycles. The summed E-state index contributed by atoms with van der Waals surface area (Å²) in [5.41, 5.74) is 15.5. The Morgan fingerprint density at radius 3 is 1.23 bits per heavy atom. The summed E-state index contributed by atoms with van der Waals surface area (Å²) in [6.45, 7) is 8.64. The van der Waals surface area contributed by atoms with Crippen LogP contribution >= 0.6 is 0 Å². The van der Waals surface area contributed by atoms with Gasteiger partial charge in [-0.2, -0.15) is 0 Å². The van der Waals surface area contributed by atoms with Crippen LogP contribution in [-0.2, 0) is 0 Å². The van der Waals surface area contributed by atoms with E-state index in [0.29, 0.717) is 0 Å². The third-order valence-corrected chi connectivity index (χ3v) is 11.6. The van der Waals surface area contributed by atoms with Crippen LogP contribution in [0.4, 0.5) is 34.1 Å². The van der Waals surface area contributed by atoms with Crippen molar-refractivity contribution in [2.24, 2.45) is 0 Å². The monoisotopic (exact) mass is 798 g/mol. The van der Waals surface area contributed by atoms with Crippen LogP contribution in [0.2, 0.25) is 0 Å².